The largest absolute Gasteiger partial charge is 0.396 e. The molecule has 5 nitrogen and oxygen atoms in total. The molecular weight excluding hydrogens is 404 g/mol. The SMILES string of the molecule is O=C(CCCC=CC[C@H]1C(=O)C=C[C@@H]1C=C[C@@H](O)CCc1ccccc1)CC(CO)CO. The lowest BCUT2D eigenvalue weighted by Gasteiger charge is -2.13. The number of allylic oxidation sites excluding steroid dienone is 5. The molecule has 0 saturated carbocycles. The van der Waals surface area contributed by atoms with E-state index in [9.17, 15) is 14.7 Å². The van der Waals surface area contributed by atoms with Gasteiger partial charge in [0, 0.05) is 43.8 Å². The lowest BCUT2D eigenvalue weighted by molar-refractivity contribution is -0.121. The molecule has 0 bridgehead atoms. The molecule has 32 heavy (non-hydrogen) atoms. The molecule has 0 radical (unpaired) electrons. The van der Waals surface area contributed by atoms with Gasteiger partial charge in [-0.25, -0.2) is 0 Å². The number of aryl methyl sites for hydroxylation is 1. The Morgan fingerprint density at radius 2 is 1.84 bits per heavy atom. The molecule has 1 aromatic carbocycles. The molecule has 2 rings (SSSR count). The fourth-order valence-electron chi connectivity index (χ4n) is 3.83. The lowest BCUT2D eigenvalue weighted by atomic mass is 9.90. The second kappa shape index (κ2) is 14.7. The van der Waals surface area contributed by atoms with Crippen molar-refractivity contribution >= 4 is 11.6 Å². The Balaban J connectivity index is 1.69. The second-order valence-electron chi connectivity index (χ2n) is 8.50. The monoisotopic (exact) mass is 440 g/mol. The van der Waals surface area contributed by atoms with Crippen LogP contribution in [0.4, 0.5) is 0 Å². The molecule has 3 N–H and O–H groups in total. The molecule has 0 aromatic heterocycles. The molecule has 0 unspecified atom stereocenters. The van der Waals surface area contributed by atoms with Crippen LogP contribution < -0.4 is 0 Å². The Morgan fingerprint density at radius 3 is 2.56 bits per heavy atom. The van der Waals surface area contributed by atoms with Crippen LogP contribution in [0.25, 0.3) is 0 Å². The summed E-state index contributed by atoms with van der Waals surface area (Å²) in [5.74, 6) is -0.343. The summed E-state index contributed by atoms with van der Waals surface area (Å²) in [5.41, 5.74) is 1.20. The first-order chi connectivity index (χ1) is 15.5. The number of rotatable bonds is 15. The van der Waals surface area contributed by atoms with E-state index in [1.807, 2.05) is 54.6 Å². The zero-order valence-corrected chi connectivity index (χ0v) is 18.7. The van der Waals surface area contributed by atoms with Gasteiger partial charge in [-0.05, 0) is 43.7 Å². The van der Waals surface area contributed by atoms with Gasteiger partial charge >= 0.3 is 0 Å². The third-order valence-electron chi connectivity index (χ3n) is 5.86. The summed E-state index contributed by atoms with van der Waals surface area (Å²) in [4.78, 5) is 24.0. The van der Waals surface area contributed by atoms with Crippen molar-refractivity contribution in [3.05, 3.63) is 72.4 Å². The average molecular weight is 441 g/mol. The van der Waals surface area contributed by atoms with E-state index >= 15 is 0 Å². The van der Waals surface area contributed by atoms with Crippen LogP contribution in [0.15, 0.2) is 66.8 Å². The molecule has 174 valence electrons. The summed E-state index contributed by atoms with van der Waals surface area (Å²) in [6, 6.07) is 10.1. The highest BCUT2D eigenvalue weighted by Crippen LogP contribution is 2.27. The number of aliphatic hydroxyl groups excluding tert-OH is 3. The number of Topliss-reactive ketones (excluding diaryl/α,β-unsaturated/α-hetero) is 1. The third-order valence-corrected chi connectivity index (χ3v) is 5.86. The maximum Gasteiger partial charge on any atom is 0.159 e. The highest BCUT2D eigenvalue weighted by atomic mass is 16.3. The van der Waals surface area contributed by atoms with E-state index in [-0.39, 0.29) is 49.0 Å². The topological polar surface area (TPSA) is 94.8 Å². The molecule has 0 spiro atoms. The number of unbranched alkanes of at least 4 members (excludes halogenated alkanes) is 1. The predicted octanol–water partition coefficient (Wildman–Crippen LogP) is 3.58. The van der Waals surface area contributed by atoms with Crippen LogP contribution in [0.2, 0.25) is 0 Å². The molecule has 0 aliphatic heterocycles. The Hall–Kier alpha value is -2.34. The molecule has 1 aromatic rings. The quantitative estimate of drug-likeness (QED) is 0.286. The van der Waals surface area contributed by atoms with Crippen molar-refractivity contribution in [2.45, 2.75) is 51.0 Å². The summed E-state index contributed by atoms with van der Waals surface area (Å²) < 4.78 is 0. The maximum absolute atomic E-state index is 12.2. The van der Waals surface area contributed by atoms with Gasteiger partial charge in [0.1, 0.15) is 5.78 Å². The summed E-state index contributed by atoms with van der Waals surface area (Å²) in [6.07, 6.45) is 14.9. The van der Waals surface area contributed by atoms with Crippen molar-refractivity contribution in [3.63, 3.8) is 0 Å². The fraction of sp³-hybridized carbons (Fsp3) is 0.481. The summed E-state index contributed by atoms with van der Waals surface area (Å²) in [5, 5.41) is 28.3. The first kappa shape index (κ1) is 25.9. The molecule has 3 atom stereocenters. The van der Waals surface area contributed by atoms with Crippen LogP contribution in [0.1, 0.15) is 44.1 Å². The number of hydrogen-bond donors (Lipinski definition) is 3. The number of carbonyl (C=O) groups is 2. The van der Waals surface area contributed by atoms with Gasteiger partial charge in [-0.3, -0.25) is 9.59 Å². The van der Waals surface area contributed by atoms with Crippen molar-refractivity contribution in [1.29, 1.82) is 0 Å². The molecule has 0 saturated heterocycles. The van der Waals surface area contributed by atoms with Gasteiger partial charge in [-0.2, -0.15) is 0 Å². The maximum atomic E-state index is 12.2. The molecule has 5 heteroatoms. The summed E-state index contributed by atoms with van der Waals surface area (Å²) in [6.45, 7) is -0.351. The van der Waals surface area contributed by atoms with Gasteiger partial charge in [-0.1, -0.05) is 60.7 Å². The third kappa shape index (κ3) is 9.43. The van der Waals surface area contributed by atoms with Crippen LogP contribution in [0.5, 0.6) is 0 Å². The Morgan fingerprint density at radius 1 is 1.09 bits per heavy atom. The van der Waals surface area contributed by atoms with Crippen molar-refractivity contribution in [2.75, 3.05) is 13.2 Å². The zero-order chi connectivity index (χ0) is 23.2. The first-order valence-electron chi connectivity index (χ1n) is 11.5. The van der Waals surface area contributed by atoms with E-state index in [1.165, 1.54) is 5.56 Å². The minimum absolute atomic E-state index is 0.00556. The molecule has 0 fully saturated rings. The normalized spacial score (nSPS) is 19.6. The zero-order valence-electron chi connectivity index (χ0n) is 18.7. The van der Waals surface area contributed by atoms with Crippen LogP contribution in [-0.2, 0) is 16.0 Å². The highest BCUT2D eigenvalue weighted by molar-refractivity contribution is 5.95. The molecule has 0 heterocycles. The number of carbonyl (C=O) groups excluding carboxylic acids is 2. The summed E-state index contributed by atoms with van der Waals surface area (Å²) in [7, 11) is 0. The van der Waals surface area contributed by atoms with E-state index in [0.29, 0.717) is 25.7 Å². The van der Waals surface area contributed by atoms with Gasteiger partial charge < -0.3 is 15.3 Å². The van der Waals surface area contributed by atoms with Crippen LogP contribution >= 0.6 is 0 Å². The van der Waals surface area contributed by atoms with E-state index in [4.69, 9.17) is 10.2 Å². The van der Waals surface area contributed by atoms with Gasteiger partial charge in [0.25, 0.3) is 0 Å². The van der Waals surface area contributed by atoms with Gasteiger partial charge in [0.2, 0.25) is 0 Å². The molecule has 1 aliphatic rings. The molecule has 1 aliphatic carbocycles. The first-order valence-corrected chi connectivity index (χ1v) is 11.5. The smallest absolute Gasteiger partial charge is 0.159 e. The lowest BCUT2D eigenvalue weighted by Crippen LogP contribution is -2.15. The van der Waals surface area contributed by atoms with Crippen LogP contribution in [0.3, 0.4) is 0 Å². The Bertz CT molecular complexity index is 776. The van der Waals surface area contributed by atoms with Gasteiger partial charge in [0.15, 0.2) is 5.78 Å². The number of hydrogen-bond acceptors (Lipinski definition) is 5. The minimum Gasteiger partial charge on any atom is -0.396 e. The van der Waals surface area contributed by atoms with Gasteiger partial charge in [-0.15, -0.1) is 0 Å². The van der Waals surface area contributed by atoms with Crippen molar-refractivity contribution in [2.24, 2.45) is 17.8 Å². The van der Waals surface area contributed by atoms with Gasteiger partial charge in [0.05, 0.1) is 6.10 Å². The van der Waals surface area contributed by atoms with Crippen LogP contribution in [-0.4, -0.2) is 46.2 Å². The average Bonchev–Trinajstić information content (AvgIpc) is 3.16. The number of ketones is 2. The van der Waals surface area contributed by atoms with Crippen molar-refractivity contribution < 1.29 is 24.9 Å². The van der Waals surface area contributed by atoms with E-state index in [2.05, 4.69) is 0 Å². The number of benzene rings is 1. The molecular formula is C27H36O5. The van der Waals surface area contributed by atoms with E-state index < -0.39 is 6.10 Å². The summed E-state index contributed by atoms with van der Waals surface area (Å²) >= 11 is 0. The highest BCUT2D eigenvalue weighted by Gasteiger charge is 2.27. The predicted molar refractivity (Wildman–Crippen MR) is 126 cm³/mol. The molecule has 0 amide bonds. The van der Waals surface area contributed by atoms with Crippen molar-refractivity contribution in [3.8, 4) is 0 Å². The Labute approximate surface area is 191 Å². The minimum atomic E-state index is -0.538. The van der Waals surface area contributed by atoms with Crippen molar-refractivity contribution in [1.82, 2.24) is 0 Å². The standard InChI is InChI=1S/C27H36O5/c28-19-22(20-29)18-25(31)10-6-1-2-7-11-26-23(14-17-27(26)32)13-16-24(30)15-12-21-8-4-3-5-9-21/h2-5,7-9,13-14,16-17,22-24,26,28-30H,1,6,10-12,15,18-20H2/t23-,24-,26+/m0/s1. The second-order valence-corrected chi connectivity index (χ2v) is 8.50. The van der Waals surface area contributed by atoms with Crippen LogP contribution in [0, 0.1) is 17.8 Å². The van der Waals surface area contributed by atoms with E-state index in [0.717, 1.165) is 12.8 Å². The van der Waals surface area contributed by atoms with E-state index in [1.54, 1.807) is 12.2 Å². The number of aliphatic hydroxyl groups is 3. The fourth-order valence-corrected chi connectivity index (χ4v) is 3.83. The Kier molecular flexibility index (Phi) is 11.9.